The summed E-state index contributed by atoms with van der Waals surface area (Å²) in [5.74, 6) is 0.905. The van der Waals surface area contributed by atoms with Crippen molar-refractivity contribution >= 4 is 12.0 Å². The molecule has 4 rings (SSSR count). The van der Waals surface area contributed by atoms with Crippen molar-refractivity contribution in [1.82, 2.24) is 0 Å². The monoisotopic (exact) mass is 357 g/mol. The Morgan fingerprint density at radius 3 is 2.48 bits per heavy atom. The molecule has 0 bridgehead atoms. The number of anilines is 1. The van der Waals surface area contributed by atoms with E-state index in [2.05, 4.69) is 48.2 Å². The number of ether oxygens (including phenoxy) is 1. The van der Waals surface area contributed by atoms with Gasteiger partial charge in [0.15, 0.2) is 6.29 Å². The zero-order valence-electron chi connectivity index (χ0n) is 15.5. The SMILES string of the molecule is Cc1ccc(O[C@H]2CCN(c3ccc(-c4ccccc4)cc3C=O)C2)cc1. The minimum atomic E-state index is 0.140. The first kappa shape index (κ1) is 17.3. The second kappa shape index (κ2) is 7.67. The van der Waals surface area contributed by atoms with Crippen molar-refractivity contribution in [2.24, 2.45) is 0 Å². The fourth-order valence-corrected chi connectivity index (χ4v) is 3.60. The number of hydrogen-bond donors (Lipinski definition) is 0. The molecule has 3 heteroatoms. The molecule has 0 aliphatic carbocycles. The van der Waals surface area contributed by atoms with E-state index in [0.717, 1.165) is 53.9 Å². The van der Waals surface area contributed by atoms with E-state index in [1.54, 1.807) is 0 Å². The number of hydrogen-bond acceptors (Lipinski definition) is 3. The van der Waals surface area contributed by atoms with Crippen LogP contribution in [0.3, 0.4) is 0 Å². The van der Waals surface area contributed by atoms with Crippen LogP contribution in [0.15, 0.2) is 72.8 Å². The van der Waals surface area contributed by atoms with E-state index in [4.69, 9.17) is 4.74 Å². The molecule has 1 fully saturated rings. The van der Waals surface area contributed by atoms with Gasteiger partial charge in [0.1, 0.15) is 11.9 Å². The summed E-state index contributed by atoms with van der Waals surface area (Å²) >= 11 is 0. The molecule has 0 aromatic heterocycles. The van der Waals surface area contributed by atoms with E-state index in [1.807, 2.05) is 36.4 Å². The summed E-state index contributed by atoms with van der Waals surface area (Å²) in [5.41, 5.74) is 5.12. The Kier molecular flexibility index (Phi) is 4.93. The van der Waals surface area contributed by atoms with Gasteiger partial charge in [-0.1, -0.05) is 54.1 Å². The molecule has 27 heavy (non-hydrogen) atoms. The average Bonchev–Trinajstić information content (AvgIpc) is 3.18. The van der Waals surface area contributed by atoms with Crippen LogP contribution in [0.1, 0.15) is 22.3 Å². The van der Waals surface area contributed by atoms with Crippen LogP contribution in [0.5, 0.6) is 5.75 Å². The molecule has 1 aliphatic heterocycles. The first-order chi connectivity index (χ1) is 13.2. The molecule has 1 heterocycles. The van der Waals surface area contributed by atoms with Gasteiger partial charge in [-0.15, -0.1) is 0 Å². The van der Waals surface area contributed by atoms with Crippen LogP contribution in [0.25, 0.3) is 11.1 Å². The Bertz CT molecular complexity index is 919. The molecule has 0 radical (unpaired) electrons. The third-order valence-corrected chi connectivity index (χ3v) is 5.07. The topological polar surface area (TPSA) is 29.5 Å². The largest absolute Gasteiger partial charge is 0.489 e. The summed E-state index contributed by atoms with van der Waals surface area (Å²) in [4.78, 5) is 14.0. The van der Waals surface area contributed by atoms with E-state index < -0.39 is 0 Å². The fraction of sp³-hybridized carbons (Fsp3) is 0.208. The normalized spacial score (nSPS) is 16.3. The first-order valence-electron chi connectivity index (χ1n) is 9.36. The quantitative estimate of drug-likeness (QED) is 0.593. The van der Waals surface area contributed by atoms with Crippen molar-refractivity contribution in [2.45, 2.75) is 19.4 Å². The third-order valence-electron chi connectivity index (χ3n) is 5.07. The molecular formula is C24H23NO2. The molecule has 136 valence electrons. The van der Waals surface area contributed by atoms with Crippen LogP contribution in [0.2, 0.25) is 0 Å². The number of rotatable bonds is 5. The van der Waals surface area contributed by atoms with E-state index in [-0.39, 0.29) is 6.10 Å². The lowest BCUT2D eigenvalue weighted by atomic mass is 10.0. The van der Waals surface area contributed by atoms with Crippen LogP contribution < -0.4 is 9.64 Å². The molecular weight excluding hydrogens is 334 g/mol. The Hall–Kier alpha value is -3.07. The summed E-state index contributed by atoms with van der Waals surface area (Å²) in [6.07, 6.45) is 2.05. The number of carbonyl (C=O) groups is 1. The van der Waals surface area contributed by atoms with Crippen molar-refractivity contribution in [3.05, 3.63) is 83.9 Å². The maximum absolute atomic E-state index is 11.7. The fourth-order valence-electron chi connectivity index (χ4n) is 3.60. The second-order valence-electron chi connectivity index (χ2n) is 7.05. The Balaban J connectivity index is 1.50. The Morgan fingerprint density at radius 2 is 1.74 bits per heavy atom. The number of aldehydes is 1. The minimum absolute atomic E-state index is 0.140. The van der Waals surface area contributed by atoms with Crippen LogP contribution in [0.4, 0.5) is 5.69 Å². The van der Waals surface area contributed by atoms with Gasteiger partial charge in [0.05, 0.1) is 6.54 Å². The molecule has 1 aliphatic rings. The summed E-state index contributed by atoms with van der Waals surface area (Å²) in [5, 5.41) is 0. The molecule has 0 amide bonds. The molecule has 0 unspecified atom stereocenters. The zero-order valence-corrected chi connectivity index (χ0v) is 15.5. The van der Waals surface area contributed by atoms with Gasteiger partial charge in [0.25, 0.3) is 0 Å². The predicted molar refractivity (Wildman–Crippen MR) is 110 cm³/mol. The van der Waals surface area contributed by atoms with Crippen molar-refractivity contribution in [3.63, 3.8) is 0 Å². The van der Waals surface area contributed by atoms with Gasteiger partial charge in [-0.25, -0.2) is 0 Å². The summed E-state index contributed by atoms with van der Waals surface area (Å²) in [6, 6.07) is 24.4. The molecule has 0 spiro atoms. The van der Waals surface area contributed by atoms with Gasteiger partial charge in [0.2, 0.25) is 0 Å². The molecule has 3 nitrogen and oxygen atoms in total. The highest BCUT2D eigenvalue weighted by Crippen LogP contribution is 2.30. The smallest absolute Gasteiger partial charge is 0.152 e. The van der Waals surface area contributed by atoms with Gasteiger partial charge < -0.3 is 9.64 Å². The Morgan fingerprint density at radius 1 is 0.963 bits per heavy atom. The number of nitrogens with zero attached hydrogens (tertiary/aromatic N) is 1. The van der Waals surface area contributed by atoms with Gasteiger partial charge in [-0.3, -0.25) is 4.79 Å². The van der Waals surface area contributed by atoms with Gasteiger partial charge >= 0.3 is 0 Å². The van der Waals surface area contributed by atoms with Crippen LogP contribution in [-0.2, 0) is 0 Å². The second-order valence-corrected chi connectivity index (χ2v) is 7.05. The molecule has 3 aromatic carbocycles. The molecule has 0 N–H and O–H groups in total. The average molecular weight is 357 g/mol. The predicted octanol–water partition coefficient (Wildman–Crippen LogP) is 5.13. The van der Waals surface area contributed by atoms with E-state index in [0.29, 0.717) is 0 Å². The third kappa shape index (κ3) is 3.87. The van der Waals surface area contributed by atoms with Crippen molar-refractivity contribution in [1.29, 1.82) is 0 Å². The molecule has 1 atom stereocenters. The lowest BCUT2D eigenvalue weighted by Crippen LogP contribution is -2.25. The van der Waals surface area contributed by atoms with Crippen LogP contribution in [0, 0.1) is 6.92 Å². The highest BCUT2D eigenvalue weighted by atomic mass is 16.5. The molecule has 0 saturated carbocycles. The Labute approximate surface area is 160 Å². The number of carbonyl (C=O) groups excluding carboxylic acids is 1. The zero-order chi connectivity index (χ0) is 18.6. The van der Waals surface area contributed by atoms with Crippen LogP contribution >= 0.6 is 0 Å². The lowest BCUT2D eigenvalue weighted by Gasteiger charge is -2.21. The van der Waals surface area contributed by atoms with Gasteiger partial charge in [-0.05, 0) is 42.3 Å². The van der Waals surface area contributed by atoms with Crippen molar-refractivity contribution < 1.29 is 9.53 Å². The minimum Gasteiger partial charge on any atom is -0.489 e. The standard InChI is InChI=1S/C24H23NO2/c1-18-7-10-22(11-8-18)27-23-13-14-25(16-23)24-12-9-20(15-21(24)17-26)19-5-3-2-4-6-19/h2-12,15,17,23H,13-14,16H2,1H3/t23-/m0/s1. The summed E-state index contributed by atoms with van der Waals surface area (Å²) in [7, 11) is 0. The van der Waals surface area contributed by atoms with E-state index >= 15 is 0 Å². The highest BCUT2D eigenvalue weighted by Gasteiger charge is 2.25. The molecule has 3 aromatic rings. The van der Waals surface area contributed by atoms with Crippen molar-refractivity contribution in [2.75, 3.05) is 18.0 Å². The molecule has 1 saturated heterocycles. The highest BCUT2D eigenvalue weighted by molar-refractivity contribution is 5.87. The summed E-state index contributed by atoms with van der Waals surface area (Å²) in [6.45, 7) is 3.75. The van der Waals surface area contributed by atoms with E-state index in [9.17, 15) is 4.79 Å². The maximum Gasteiger partial charge on any atom is 0.152 e. The number of aryl methyl sites for hydroxylation is 1. The van der Waals surface area contributed by atoms with Crippen molar-refractivity contribution in [3.8, 4) is 16.9 Å². The lowest BCUT2D eigenvalue weighted by molar-refractivity contribution is 0.112. The van der Waals surface area contributed by atoms with Gasteiger partial charge in [0, 0.05) is 24.2 Å². The first-order valence-corrected chi connectivity index (χ1v) is 9.36. The van der Waals surface area contributed by atoms with Gasteiger partial charge in [-0.2, -0.15) is 0 Å². The maximum atomic E-state index is 11.7. The number of benzene rings is 3. The van der Waals surface area contributed by atoms with Crippen LogP contribution in [-0.4, -0.2) is 25.5 Å². The van der Waals surface area contributed by atoms with E-state index in [1.165, 1.54) is 5.56 Å². The summed E-state index contributed by atoms with van der Waals surface area (Å²) < 4.78 is 6.12.